The van der Waals surface area contributed by atoms with Crippen molar-refractivity contribution in [1.29, 1.82) is 0 Å². The van der Waals surface area contributed by atoms with E-state index in [-0.39, 0.29) is 9.79 Å². The number of benzene rings is 6. The summed E-state index contributed by atoms with van der Waals surface area (Å²) in [5, 5.41) is 0. The van der Waals surface area contributed by atoms with Crippen molar-refractivity contribution in [3.63, 3.8) is 0 Å². The fourth-order valence-corrected chi connectivity index (χ4v) is 7.95. The highest BCUT2D eigenvalue weighted by molar-refractivity contribution is 7.91. The number of hydrogen-bond acceptors (Lipinski definition) is 7. The molecule has 1 heterocycles. The molecule has 0 aliphatic carbocycles. The van der Waals surface area contributed by atoms with Gasteiger partial charge in [-0.05, 0) is 182 Å². The Labute approximate surface area is 322 Å². The normalized spacial score (nSPS) is 11.2. The van der Waals surface area contributed by atoms with Crippen LogP contribution in [0.15, 0.2) is 149 Å². The van der Waals surface area contributed by atoms with E-state index in [2.05, 4.69) is 29.2 Å². The summed E-state index contributed by atoms with van der Waals surface area (Å²) in [5.74, 6) is 4.13. The molecular weight excluding hydrogens is 707 g/mol. The summed E-state index contributed by atoms with van der Waals surface area (Å²) < 4.78 is 50.2. The average molecular weight is 748 g/mol. The van der Waals surface area contributed by atoms with E-state index in [0.29, 0.717) is 17.2 Å². The molecule has 6 aromatic carbocycles. The van der Waals surface area contributed by atoms with Crippen LogP contribution in [0.1, 0.15) is 22.3 Å². The van der Waals surface area contributed by atoms with Gasteiger partial charge in [-0.3, -0.25) is 4.98 Å². The zero-order valence-electron chi connectivity index (χ0n) is 31.6. The molecule has 0 saturated carbocycles. The molecule has 0 spiro atoms. The highest BCUT2D eigenvalue weighted by Gasteiger charge is 2.19. The molecule has 0 amide bonds. The Kier molecular flexibility index (Phi) is 10.4. The van der Waals surface area contributed by atoms with E-state index < -0.39 is 9.84 Å². The van der Waals surface area contributed by atoms with Crippen LogP contribution >= 0.6 is 0 Å². The maximum atomic E-state index is 13.5. The zero-order chi connectivity index (χ0) is 38.7. The Bertz CT molecular complexity index is 2520. The topological polar surface area (TPSA) is 84.0 Å². The van der Waals surface area contributed by atoms with E-state index >= 15 is 0 Å². The van der Waals surface area contributed by atoms with Crippen LogP contribution in [0.3, 0.4) is 0 Å². The third kappa shape index (κ3) is 7.95. The second-order valence-corrected chi connectivity index (χ2v) is 15.4. The highest BCUT2D eigenvalue weighted by Crippen LogP contribution is 2.37. The predicted octanol–water partition coefficient (Wildman–Crippen LogP) is 11.8. The fraction of sp³-hybridized carbons (Fsp3) is 0.128. The Hall–Kier alpha value is -6.38. The molecule has 7 aromatic rings. The van der Waals surface area contributed by atoms with Gasteiger partial charge in [0.25, 0.3) is 0 Å². The molecule has 0 unspecified atom stereocenters. The predicted molar refractivity (Wildman–Crippen MR) is 218 cm³/mol. The maximum Gasteiger partial charge on any atom is 0.206 e. The van der Waals surface area contributed by atoms with Crippen LogP contribution in [-0.2, 0) is 9.84 Å². The number of pyridine rings is 1. The minimum Gasteiger partial charge on any atom is -0.497 e. The van der Waals surface area contributed by atoms with Crippen LogP contribution in [-0.4, -0.2) is 27.6 Å². The van der Waals surface area contributed by atoms with Crippen LogP contribution in [0, 0.1) is 27.7 Å². The SMILES string of the molecule is COc1ccc(-c2ccc(-c3ccc(Oc4ccc(S(=O)(=O)c5ccc(Oc6c(C)cc(-c7cc(C)c(OC)c(C)c7)cc6C)cc5)cc4)cc3)nc2)cc1. The maximum absolute atomic E-state index is 13.5. The monoisotopic (exact) mass is 747 g/mol. The van der Waals surface area contributed by atoms with Crippen molar-refractivity contribution in [2.24, 2.45) is 0 Å². The first-order valence-electron chi connectivity index (χ1n) is 17.8. The van der Waals surface area contributed by atoms with Gasteiger partial charge in [0.1, 0.15) is 34.5 Å². The van der Waals surface area contributed by atoms with Crippen molar-refractivity contribution in [3.05, 3.63) is 162 Å². The minimum atomic E-state index is -3.78. The molecule has 0 atom stereocenters. The average Bonchev–Trinajstić information content (AvgIpc) is 3.20. The van der Waals surface area contributed by atoms with Crippen molar-refractivity contribution in [1.82, 2.24) is 4.98 Å². The summed E-state index contributed by atoms with van der Waals surface area (Å²) >= 11 is 0. The molecule has 7 nitrogen and oxygen atoms in total. The molecule has 0 aliphatic rings. The number of aromatic nitrogens is 1. The quantitative estimate of drug-likeness (QED) is 0.130. The zero-order valence-corrected chi connectivity index (χ0v) is 32.4. The summed E-state index contributed by atoms with van der Waals surface area (Å²) in [5.41, 5.74) is 10.2. The number of methoxy groups -OCH3 is 2. The molecule has 8 heteroatoms. The lowest BCUT2D eigenvalue weighted by molar-refractivity contribution is 0.408. The third-order valence-corrected chi connectivity index (χ3v) is 11.3. The van der Waals surface area contributed by atoms with Crippen LogP contribution in [0.4, 0.5) is 0 Å². The molecule has 55 heavy (non-hydrogen) atoms. The van der Waals surface area contributed by atoms with Gasteiger partial charge in [0.05, 0.1) is 29.7 Å². The van der Waals surface area contributed by atoms with E-state index in [9.17, 15) is 8.42 Å². The summed E-state index contributed by atoms with van der Waals surface area (Å²) in [7, 11) is -0.435. The van der Waals surface area contributed by atoms with Gasteiger partial charge in [0.2, 0.25) is 9.84 Å². The summed E-state index contributed by atoms with van der Waals surface area (Å²) in [4.78, 5) is 4.99. The standard InChI is InChI=1S/C47H41NO6S/c1-30-25-37(26-31(2)46(30)52-6)38-27-32(3)47(33(4)28-38)54-42-18-22-44(23-19-42)55(49,50)43-20-16-41(17-21-43)53-40-14-9-35(10-15-40)45-24-11-36(29-48-45)34-7-12-39(51-5)13-8-34/h7-29H,1-6H3. The lowest BCUT2D eigenvalue weighted by Crippen LogP contribution is -2.02. The molecule has 0 radical (unpaired) electrons. The molecule has 1 aromatic heterocycles. The number of ether oxygens (including phenoxy) is 4. The van der Waals surface area contributed by atoms with Crippen LogP contribution in [0.2, 0.25) is 0 Å². The Balaban J connectivity index is 0.987. The molecule has 7 rings (SSSR count). The first kappa shape index (κ1) is 37.0. The van der Waals surface area contributed by atoms with Crippen molar-refractivity contribution in [2.75, 3.05) is 14.2 Å². The van der Waals surface area contributed by atoms with Gasteiger partial charge < -0.3 is 18.9 Å². The molecule has 276 valence electrons. The van der Waals surface area contributed by atoms with Gasteiger partial charge >= 0.3 is 0 Å². The number of aryl methyl sites for hydroxylation is 4. The largest absolute Gasteiger partial charge is 0.497 e. The highest BCUT2D eigenvalue weighted by atomic mass is 32.2. The lowest BCUT2D eigenvalue weighted by atomic mass is 9.96. The fourth-order valence-electron chi connectivity index (χ4n) is 6.69. The number of nitrogens with zero attached hydrogens (tertiary/aromatic N) is 1. The van der Waals surface area contributed by atoms with E-state index in [1.54, 1.807) is 62.8 Å². The smallest absolute Gasteiger partial charge is 0.206 e. The number of hydrogen-bond donors (Lipinski definition) is 0. The third-order valence-electron chi connectivity index (χ3n) is 9.52. The van der Waals surface area contributed by atoms with Crippen molar-refractivity contribution < 1.29 is 27.4 Å². The number of sulfone groups is 1. The van der Waals surface area contributed by atoms with E-state index in [0.717, 1.165) is 73.0 Å². The van der Waals surface area contributed by atoms with Crippen LogP contribution < -0.4 is 18.9 Å². The number of rotatable bonds is 11. The lowest BCUT2D eigenvalue weighted by Gasteiger charge is -2.16. The van der Waals surface area contributed by atoms with Gasteiger partial charge in [-0.15, -0.1) is 0 Å². The molecular formula is C47H41NO6S. The minimum absolute atomic E-state index is 0.166. The summed E-state index contributed by atoms with van der Waals surface area (Å²) in [6.45, 7) is 8.12. The van der Waals surface area contributed by atoms with E-state index in [4.69, 9.17) is 18.9 Å². The van der Waals surface area contributed by atoms with E-state index in [1.807, 2.05) is 94.6 Å². The van der Waals surface area contributed by atoms with Crippen molar-refractivity contribution in [2.45, 2.75) is 37.5 Å². The van der Waals surface area contributed by atoms with Gasteiger partial charge in [0.15, 0.2) is 0 Å². The first-order chi connectivity index (χ1) is 26.5. The van der Waals surface area contributed by atoms with Gasteiger partial charge in [0, 0.05) is 17.3 Å². The molecule has 0 saturated heterocycles. The van der Waals surface area contributed by atoms with Gasteiger partial charge in [-0.25, -0.2) is 8.42 Å². The van der Waals surface area contributed by atoms with E-state index in [1.165, 1.54) is 0 Å². The Morgan fingerprint density at radius 3 is 1.29 bits per heavy atom. The summed E-state index contributed by atoms with van der Waals surface area (Å²) in [6, 6.07) is 40.9. The van der Waals surface area contributed by atoms with Crippen LogP contribution in [0.25, 0.3) is 33.5 Å². The van der Waals surface area contributed by atoms with Crippen molar-refractivity contribution >= 4 is 9.84 Å². The Morgan fingerprint density at radius 1 is 0.418 bits per heavy atom. The first-order valence-corrected chi connectivity index (χ1v) is 19.3. The molecule has 0 aliphatic heterocycles. The second kappa shape index (κ2) is 15.5. The molecule has 0 bridgehead atoms. The molecule has 0 fully saturated rings. The molecule has 0 N–H and O–H groups in total. The van der Waals surface area contributed by atoms with Gasteiger partial charge in [-0.1, -0.05) is 18.2 Å². The van der Waals surface area contributed by atoms with Crippen molar-refractivity contribution in [3.8, 4) is 68.0 Å². The summed E-state index contributed by atoms with van der Waals surface area (Å²) in [6.07, 6.45) is 1.85. The van der Waals surface area contributed by atoms with Gasteiger partial charge in [-0.2, -0.15) is 0 Å². The Morgan fingerprint density at radius 2 is 0.836 bits per heavy atom. The second-order valence-electron chi connectivity index (χ2n) is 13.4. The van der Waals surface area contributed by atoms with Crippen LogP contribution in [0.5, 0.6) is 34.5 Å².